The molecule has 0 aromatic rings. The Bertz CT molecular complexity index is 14.4. The van der Waals surface area contributed by atoms with Gasteiger partial charge in [-0.3, -0.25) is 0 Å². The van der Waals surface area contributed by atoms with E-state index in [1.54, 1.807) is 0 Å². The summed E-state index contributed by atoms with van der Waals surface area (Å²) < 4.78 is 4.50. The van der Waals surface area contributed by atoms with E-state index in [2.05, 4.69) is 10.7 Å². The molecule has 0 aromatic carbocycles. The van der Waals surface area contributed by atoms with Crippen LogP contribution in [-0.4, -0.2) is 7.05 Å². The van der Waals surface area contributed by atoms with Crippen molar-refractivity contribution in [1.29, 1.82) is 0 Å². The molecule has 0 rings (SSSR count). The summed E-state index contributed by atoms with van der Waals surface area (Å²) in [5, 5.41) is 0. The first-order valence-electron chi connectivity index (χ1n) is 1.81. The van der Waals surface area contributed by atoms with Gasteiger partial charge in [0.05, 0.1) is 0 Å². The Morgan fingerprint density at radius 2 is 2.40 bits per heavy atom. The molecule has 0 aromatic heterocycles. The molecule has 2 heteroatoms. The first-order chi connectivity index (χ1) is 2.41. The Labute approximate surface area is 42.4 Å². The molecule has 0 fully saturated rings. The van der Waals surface area contributed by atoms with Crippen LogP contribution >= 0.6 is 0 Å². The Balaban J connectivity index is 2.19. The average Bonchev–Trinajstić information content (AvgIpc) is 1.41. The molecule has 0 saturated heterocycles. The Morgan fingerprint density at radius 1 is 1.80 bits per heavy atom. The molecule has 5 heavy (non-hydrogen) atoms. The van der Waals surface area contributed by atoms with Crippen LogP contribution in [-0.2, 0) is 19.4 Å². The van der Waals surface area contributed by atoms with Crippen LogP contribution in [0.1, 0.15) is 6.92 Å². The van der Waals surface area contributed by atoms with Crippen LogP contribution in [0.3, 0.4) is 0 Å². The van der Waals surface area contributed by atoms with E-state index in [-0.39, 0.29) is 19.4 Å². The van der Waals surface area contributed by atoms with E-state index in [0.717, 1.165) is 0 Å². The fraction of sp³-hybridized carbons (Fsp3) is 1.00. The number of hydrogen-bond acceptors (Lipinski definition) is 1. The van der Waals surface area contributed by atoms with Gasteiger partial charge in [0.1, 0.15) is 0 Å². The maximum atomic E-state index is 3.14. The fourth-order valence-corrected chi connectivity index (χ4v) is 0.729. The summed E-state index contributed by atoms with van der Waals surface area (Å²) >= 11 is 0.278. The van der Waals surface area contributed by atoms with Crippen LogP contribution in [0.4, 0.5) is 0 Å². The van der Waals surface area contributed by atoms with E-state index in [4.69, 9.17) is 0 Å². The fourth-order valence-electron chi connectivity index (χ4n) is 0.177. The van der Waals surface area contributed by atoms with Gasteiger partial charge in [-0.15, -0.1) is 0 Å². The van der Waals surface area contributed by atoms with E-state index in [9.17, 15) is 0 Å². The van der Waals surface area contributed by atoms with Crippen LogP contribution < -0.4 is 3.80 Å². The Hall–Kier alpha value is 0.674. The Kier molecular flexibility index (Phi) is 5.30. The third-order valence-electron chi connectivity index (χ3n) is 0.354. The van der Waals surface area contributed by atoms with Crippen LogP contribution in [0.25, 0.3) is 0 Å². The monoisotopic (exact) mass is 107 g/mol. The molecular weight excluding hydrogens is 97.9 g/mol. The summed E-state index contributed by atoms with van der Waals surface area (Å²) in [7, 11) is 2.02. The molecule has 0 unspecified atom stereocenters. The molecule has 0 atom stereocenters. The molecule has 0 aliphatic rings. The summed E-state index contributed by atoms with van der Waals surface area (Å²) in [6.45, 7) is 2.20. The zero-order valence-electron chi connectivity index (χ0n) is 3.71. The zero-order valence-corrected chi connectivity index (χ0v) is 5.27. The normalized spacial score (nSPS) is 7.60. The quantitative estimate of drug-likeness (QED) is 0.510. The minimum atomic E-state index is 0.278. The molecule has 0 aliphatic heterocycles. The summed E-state index contributed by atoms with van der Waals surface area (Å²) in [5.74, 6) is 0. The molecule has 1 nitrogen and oxygen atoms in total. The van der Waals surface area contributed by atoms with Crippen molar-refractivity contribution in [3.63, 3.8) is 0 Å². The molecule has 0 bridgehead atoms. The third kappa shape index (κ3) is 4.67. The van der Waals surface area contributed by atoms with Crippen molar-refractivity contribution in [1.82, 2.24) is 3.80 Å². The molecular formula is C3H9NTi. The number of nitrogens with one attached hydrogen (secondary N) is 1. The summed E-state index contributed by atoms with van der Waals surface area (Å²) in [6.07, 6.45) is 0. The van der Waals surface area contributed by atoms with Gasteiger partial charge in [0.2, 0.25) is 0 Å². The molecule has 1 N–H and O–H groups in total. The van der Waals surface area contributed by atoms with Gasteiger partial charge in [-0.2, -0.15) is 0 Å². The van der Waals surface area contributed by atoms with E-state index < -0.39 is 0 Å². The topological polar surface area (TPSA) is 12.0 Å². The van der Waals surface area contributed by atoms with Crippen LogP contribution in [0.2, 0.25) is 4.73 Å². The van der Waals surface area contributed by atoms with Crippen molar-refractivity contribution in [2.45, 2.75) is 11.6 Å². The van der Waals surface area contributed by atoms with Crippen LogP contribution in [0.5, 0.6) is 0 Å². The standard InChI is InChI=1S/C2H5.CH4N.Ti/c2*1-2;/h1H2,2H3;2H,1H3;/q;-1;+1. The van der Waals surface area contributed by atoms with Gasteiger partial charge in [-0.25, -0.2) is 0 Å². The Morgan fingerprint density at radius 3 is 2.40 bits per heavy atom. The van der Waals surface area contributed by atoms with Gasteiger partial charge in [0.15, 0.2) is 0 Å². The van der Waals surface area contributed by atoms with Crippen molar-refractivity contribution in [3.8, 4) is 0 Å². The first kappa shape index (κ1) is 5.67. The van der Waals surface area contributed by atoms with E-state index in [0.29, 0.717) is 0 Å². The average molecular weight is 107 g/mol. The predicted molar refractivity (Wildman–Crippen MR) is 19.5 cm³/mol. The van der Waals surface area contributed by atoms with Crippen molar-refractivity contribution >= 4 is 0 Å². The predicted octanol–water partition coefficient (Wildman–Crippen LogP) is 0.641. The molecule has 0 saturated carbocycles. The maximum absolute atomic E-state index is 3.14. The second kappa shape index (κ2) is 4.67. The molecule has 0 heterocycles. The van der Waals surface area contributed by atoms with Crippen molar-refractivity contribution in [2.24, 2.45) is 0 Å². The third-order valence-corrected chi connectivity index (χ3v) is 1.46. The van der Waals surface area contributed by atoms with Crippen molar-refractivity contribution in [3.05, 3.63) is 0 Å². The summed E-state index contributed by atoms with van der Waals surface area (Å²) in [6, 6.07) is 0. The van der Waals surface area contributed by atoms with Crippen LogP contribution in [0, 0.1) is 0 Å². The molecule has 0 aliphatic carbocycles. The SMILES string of the molecule is C[CH2][Ti][NH]C. The van der Waals surface area contributed by atoms with Gasteiger partial charge in [-0.1, -0.05) is 0 Å². The van der Waals surface area contributed by atoms with E-state index >= 15 is 0 Å². The number of hydrogen-bond donors (Lipinski definition) is 1. The van der Waals surface area contributed by atoms with Crippen LogP contribution in [0.15, 0.2) is 0 Å². The summed E-state index contributed by atoms with van der Waals surface area (Å²) in [4.78, 5) is 0. The molecule has 0 amide bonds. The molecule has 0 spiro atoms. The van der Waals surface area contributed by atoms with E-state index in [1.807, 2.05) is 7.05 Å². The first-order valence-corrected chi connectivity index (χ1v) is 3.70. The van der Waals surface area contributed by atoms with Gasteiger partial charge in [0, 0.05) is 0 Å². The summed E-state index contributed by atoms with van der Waals surface area (Å²) in [5.41, 5.74) is 0. The van der Waals surface area contributed by atoms with Gasteiger partial charge >= 0.3 is 41.9 Å². The minimum absolute atomic E-state index is 0.278. The molecule has 0 radical (unpaired) electrons. The van der Waals surface area contributed by atoms with Gasteiger partial charge in [-0.05, 0) is 0 Å². The second-order valence-corrected chi connectivity index (χ2v) is 3.22. The molecule has 30 valence electrons. The van der Waals surface area contributed by atoms with Crippen molar-refractivity contribution < 1.29 is 19.4 Å². The van der Waals surface area contributed by atoms with Gasteiger partial charge < -0.3 is 0 Å². The van der Waals surface area contributed by atoms with Crippen molar-refractivity contribution in [2.75, 3.05) is 7.05 Å². The number of rotatable bonds is 2. The van der Waals surface area contributed by atoms with E-state index in [1.165, 1.54) is 4.73 Å². The second-order valence-electron chi connectivity index (χ2n) is 0.780. The van der Waals surface area contributed by atoms with Gasteiger partial charge in [0.25, 0.3) is 0 Å². The zero-order chi connectivity index (χ0) is 4.12.